The highest BCUT2D eigenvalue weighted by atomic mass is 28.4. The minimum Gasteiger partial charge on any atom is -0.412 e. The predicted octanol–water partition coefficient (Wildman–Crippen LogP) is 3.08. The van der Waals surface area contributed by atoms with Crippen LogP contribution in [0.3, 0.4) is 0 Å². The van der Waals surface area contributed by atoms with E-state index in [1.54, 1.807) is 12.4 Å². The van der Waals surface area contributed by atoms with Crippen LogP contribution in [0.25, 0.3) is 0 Å². The highest BCUT2D eigenvalue weighted by Crippen LogP contribution is 2.27. The van der Waals surface area contributed by atoms with Crippen LogP contribution in [0, 0.1) is 0 Å². The molecule has 19 heavy (non-hydrogen) atoms. The van der Waals surface area contributed by atoms with Gasteiger partial charge in [-0.15, -0.1) is 0 Å². The van der Waals surface area contributed by atoms with Gasteiger partial charge in [-0.25, -0.2) is 9.97 Å². The van der Waals surface area contributed by atoms with E-state index in [0.29, 0.717) is 6.10 Å². The number of rotatable bonds is 6. The summed E-state index contributed by atoms with van der Waals surface area (Å²) in [4.78, 5) is 10.9. The van der Waals surface area contributed by atoms with Crippen LogP contribution in [0.4, 0.5) is 5.95 Å². The van der Waals surface area contributed by atoms with Crippen molar-refractivity contribution >= 4 is 14.3 Å². The lowest BCUT2D eigenvalue weighted by Gasteiger charge is -2.31. The molecular weight excluding hydrogens is 254 g/mol. The van der Waals surface area contributed by atoms with E-state index in [9.17, 15) is 0 Å². The van der Waals surface area contributed by atoms with Crippen LogP contribution < -0.4 is 4.90 Å². The standard InChI is InChI=1S/C14H25N3OSi/c1-4-19(5-2,6-3)18-13-8-11-17(12-13)14-15-9-7-10-16-14/h7,9-10,13H,4-6,8,11-12H2,1-3H3/t13-/m1/s1. The first-order valence-electron chi connectivity index (χ1n) is 7.42. The van der Waals surface area contributed by atoms with E-state index < -0.39 is 8.32 Å². The second kappa shape index (κ2) is 6.48. The largest absolute Gasteiger partial charge is 0.412 e. The normalized spacial score (nSPS) is 19.9. The van der Waals surface area contributed by atoms with Crippen LogP contribution in [0.2, 0.25) is 18.1 Å². The zero-order valence-electron chi connectivity index (χ0n) is 12.3. The van der Waals surface area contributed by atoms with E-state index in [-0.39, 0.29) is 0 Å². The lowest BCUT2D eigenvalue weighted by Crippen LogP contribution is -2.41. The van der Waals surface area contributed by atoms with Crippen LogP contribution in [0.1, 0.15) is 27.2 Å². The molecule has 0 unspecified atom stereocenters. The molecule has 0 radical (unpaired) electrons. The molecule has 4 nitrogen and oxygen atoms in total. The van der Waals surface area contributed by atoms with Crippen molar-refractivity contribution in [2.75, 3.05) is 18.0 Å². The number of hydrogen-bond donors (Lipinski definition) is 0. The molecule has 1 atom stereocenters. The van der Waals surface area contributed by atoms with Gasteiger partial charge in [-0.2, -0.15) is 0 Å². The molecule has 1 aromatic heterocycles. The Kier molecular flexibility index (Phi) is 4.93. The Bertz CT molecular complexity index is 375. The Morgan fingerprint density at radius 3 is 2.42 bits per heavy atom. The van der Waals surface area contributed by atoms with Crippen molar-refractivity contribution in [3.05, 3.63) is 18.5 Å². The monoisotopic (exact) mass is 279 g/mol. The fraction of sp³-hybridized carbons (Fsp3) is 0.714. The van der Waals surface area contributed by atoms with Gasteiger partial charge in [0.2, 0.25) is 5.95 Å². The highest BCUT2D eigenvalue weighted by molar-refractivity contribution is 6.73. The second-order valence-electron chi connectivity index (χ2n) is 5.27. The number of aromatic nitrogens is 2. The third-order valence-electron chi connectivity index (χ3n) is 4.33. The number of nitrogens with zero attached hydrogens (tertiary/aromatic N) is 3. The molecule has 0 amide bonds. The average Bonchev–Trinajstić information content (AvgIpc) is 2.94. The molecule has 0 bridgehead atoms. The van der Waals surface area contributed by atoms with Gasteiger partial charge in [-0.1, -0.05) is 20.8 Å². The third-order valence-corrected chi connectivity index (χ3v) is 9.03. The molecule has 5 heteroatoms. The van der Waals surface area contributed by atoms with Gasteiger partial charge in [-0.05, 0) is 30.6 Å². The molecule has 1 aromatic rings. The Morgan fingerprint density at radius 1 is 1.21 bits per heavy atom. The van der Waals surface area contributed by atoms with Crippen molar-refractivity contribution in [3.63, 3.8) is 0 Å². The maximum Gasteiger partial charge on any atom is 0.225 e. The van der Waals surface area contributed by atoms with Crippen molar-refractivity contribution in [3.8, 4) is 0 Å². The van der Waals surface area contributed by atoms with Crippen molar-refractivity contribution in [2.24, 2.45) is 0 Å². The second-order valence-corrected chi connectivity index (χ2v) is 9.99. The number of anilines is 1. The zero-order valence-corrected chi connectivity index (χ0v) is 13.3. The van der Waals surface area contributed by atoms with Gasteiger partial charge in [0.1, 0.15) is 0 Å². The van der Waals surface area contributed by atoms with Gasteiger partial charge >= 0.3 is 0 Å². The number of hydrogen-bond acceptors (Lipinski definition) is 4. The first-order valence-corrected chi connectivity index (χ1v) is 9.95. The van der Waals surface area contributed by atoms with Crippen molar-refractivity contribution in [1.82, 2.24) is 9.97 Å². The maximum atomic E-state index is 6.54. The predicted molar refractivity (Wildman–Crippen MR) is 80.9 cm³/mol. The van der Waals surface area contributed by atoms with Gasteiger partial charge in [0.15, 0.2) is 8.32 Å². The van der Waals surface area contributed by atoms with Gasteiger partial charge in [0.25, 0.3) is 0 Å². The third kappa shape index (κ3) is 3.33. The maximum absolute atomic E-state index is 6.54. The molecule has 0 saturated carbocycles. The molecule has 2 heterocycles. The molecule has 0 N–H and O–H groups in total. The lowest BCUT2D eigenvalue weighted by molar-refractivity contribution is 0.208. The molecule has 0 spiro atoms. The summed E-state index contributed by atoms with van der Waals surface area (Å²) in [6.45, 7) is 8.81. The van der Waals surface area contributed by atoms with E-state index in [1.165, 1.54) is 18.1 Å². The van der Waals surface area contributed by atoms with Crippen LogP contribution in [0.5, 0.6) is 0 Å². The summed E-state index contributed by atoms with van der Waals surface area (Å²) in [6, 6.07) is 5.52. The van der Waals surface area contributed by atoms with Crippen molar-refractivity contribution < 1.29 is 4.43 Å². The summed E-state index contributed by atoms with van der Waals surface area (Å²) in [5.74, 6) is 0.838. The van der Waals surface area contributed by atoms with Crippen LogP contribution in [0.15, 0.2) is 18.5 Å². The molecular formula is C14H25N3OSi. The first-order chi connectivity index (χ1) is 9.23. The first kappa shape index (κ1) is 14.5. The SMILES string of the molecule is CC[Si](CC)(CC)O[C@@H]1CCN(c2ncccn2)C1. The summed E-state index contributed by atoms with van der Waals surface area (Å²) in [6.07, 6.45) is 5.09. The topological polar surface area (TPSA) is 38.2 Å². The minimum absolute atomic E-state index is 0.371. The fourth-order valence-electron chi connectivity index (χ4n) is 2.81. The van der Waals surface area contributed by atoms with E-state index >= 15 is 0 Å². The summed E-state index contributed by atoms with van der Waals surface area (Å²) >= 11 is 0. The van der Waals surface area contributed by atoms with E-state index in [0.717, 1.165) is 25.5 Å². The molecule has 106 valence electrons. The molecule has 2 rings (SSSR count). The van der Waals surface area contributed by atoms with Gasteiger partial charge in [0, 0.05) is 25.5 Å². The van der Waals surface area contributed by atoms with E-state index in [4.69, 9.17) is 4.43 Å². The summed E-state index contributed by atoms with van der Waals surface area (Å²) in [7, 11) is -1.48. The zero-order chi connectivity index (χ0) is 13.7. The fourth-order valence-corrected chi connectivity index (χ4v) is 5.71. The van der Waals surface area contributed by atoms with Gasteiger partial charge in [-0.3, -0.25) is 0 Å². The smallest absolute Gasteiger partial charge is 0.225 e. The van der Waals surface area contributed by atoms with Crippen LogP contribution in [-0.2, 0) is 4.43 Å². The van der Waals surface area contributed by atoms with Crippen LogP contribution in [-0.4, -0.2) is 37.5 Å². The van der Waals surface area contributed by atoms with Crippen molar-refractivity contribution in [1.29, 1.82) is 0 Å². The summed E-state index contributed by atoms with van der Waals surface area (Å²) < 4.78 is 6.54. The summed E-state index contributed by atoms with van der Waals surface area (Å²) in [5.41, 5.74) is 0. The van der Waals surface area contributed by atoms with E-state index in [1.807, 2.05) is 6.07 Å². The lowest BCUT2D eigenvalue weighted by atomic mass is 10.3. The molecule has 1 saturated heterocycles. The van der Waals surface area contributed by atoms with Gasteiger partial charge in [0.05, 0.1) is 6.10 Å². The Balaban J connectivity index is 1.95. The molecule has 0 aromatic carbocycles. The minimum atomic E-state index is -1.48. The average molecular weight is 279 g/mol. The molecule has 1 aliphatic rings. The van der Waals surface area contributed by atoms with Gasteiger partial charge < -0.3 is 9.33 Å². The Morgan fingerprint density at radius 2 is 1.84 bits per heavy atom. The van der Waals surface area contributed by atoms with Crippen LogP contribution >= 0.6 is 0 Å². The Labute approximate surface area is 117 Å². The molecule has 1 fully saturated rings. The molecule has 1 aliphatic heterocycles. The summed E-state index contributed by atoms with van der Waals surface area (Å²) in [5, 5.41) is 0. The van der Waals surface area contributed by atoms with Crippen molar-refractivity contribution in [2.45, 2.75) is 51.4 Å². The quantitative estimate of drug-likeness (QED) is 0.750. The molecule has 0 aliphatic carbocycles. The highest BCUT2D eigenvalue weighted by Gasteiger charge is 2.35. The Hall–Kier alpha value is -0.943. The van der Waals surface area contributed by atoms with E-state index in [2.05, 4.69) is 35.6 Å².